The zero-order valence-electron chi connectivity index (χ0n) is 16.9. The SMILES string of the molecule is CC(C)Cc1cc(=O)nc2n1C[C@@H](COc1ccc(C3CCCCC3)cc1)O2. The molecule has 0 amide bonds. The van der Waals surface area contributed by atoms with Crippen molar-refractivity contribution in [2.24, 2.45) is 5.92 Å². The lowest BCUT2D eigenvalue weighted by molar-refractivity contribution is 0.143. The first-order chi connectivity index (χ1) is 13.6. The fraction of sp³-hybridized carbons (Fsp3) is 0.565. The first-order valence-electron chi connectivity index (χ1n) is 10.6. The summed E-state index contributed by atoms with van der Waals surface area (Å²) in [5.41, 5.74) is 2.18. The molecule has 0 saturated heterocycles. The van der Waals surface area contributed by atoms with Crippen LogP contribution in [-0.4, -0.2) is 22.3 Å². The molecular weight excluding hydrogens is 352 g/mol. The van der Waals surface area contributed by atoms with E-state index in [2.05, 4.69) is 43.1 Å². The van der Waals surface area contributed by atoms with Crippen molar-refractivity contribution in [1.29, 1.82) is 0 Å². The molecule has 2 aromatic rings. The second kappa shape index (κ2) is 8.38. The summed E-state index contributed by atoms with van der Waals surface area (Å²) < 4.78 is 13.9. The molecule has 28 heavy (non-hydrogen) atoms. The lowest BCUT2D eigenvalue weighted by atomic mass is 9.84. The summed E-state index contributed by atoms with van der Waals surface area (Å²) in [5, 5.41) is 0. The van der Waals surface area contributed by atoms with Gasteiger partial charge in [-0.15, -0.1) is 0 Å². The van der Waals surface area contributed by atoms with E-state index in [9.17, 15) is 4.79 Å². The number of aromatic nitrogens is 2. The molecule has 2 heterocycles. The Morgan fingerprint density at radius 2 is 1.93 bits per heavy atom. The Bertz CT molecular complexity index is 851. The highest BCUT2D eigenvalue weighted by molar-refractivity contribution is 5.29. The van der Waals surface area contributed by atoms with Gasteiger partial charge in [0.15, 0.2) is 6.10 Å². The summed E-state index contributed by atoms with van der Waals surface area (Å²) in [6.45, 7) is 5.41. The maximum Gasteiger partial charge on any atom is 0.300 e. The van der Waals surface area contributed by atoms with Crippen molar-refractivity contribution in [2.75, 3.05) is 6.61 Å². The third-order valence-electron chi connectivity index (χ3n) is 5.74. The topological polar surface area (TPSA) is 53.4 Å². The summed E-state index contributed by atoms with van der Waals surface area (Å²) >= 11 is 0. The molecule has 2 aliphatic rings. The average molecular weight is 383 g/mol. The maximum atomic E-state index is 11.8. The summed E-state index contributed by atoms with van der Waals surface area (Å²) in [6.07, 6.45) is 7.39. The minimum atomic E-state index is -0.234. The van der Waals surface area contributed by atoms with Gasteiger partial charge in [0.25, 0.3) is 11.6 Å². The zero-order chi connectivity index (χ0) is 19.5. The molecule has 1 aliphatic heterocycles. The first-order valence-corrected chi connectivity index (χ1v) is 10.6. The Morgan fingerprint density at radius 1 is 1.18 bits per heavy atom. The normalized spacial score (nSPS) is 19.5. The quantitative estimate of drug-likeness (QED) is 0.746. The monoisotopic (exact) mass is 382 g/mol. The van der Waals surface area contributed by atoms with E-state index in [1.807, 2.05) is 4.57 Å². The van der Waals surface area contributed by atoms with Gasteiger partial charge in [0.1, 0.15) is 12.4 Å². The summed E-state index contributed by atoms with van der Waals surface area (Å²) in [4.78, 5) is 15.9. The number of benzene rings is 1. The summed E-state index contributed by atoms with van der Waals surface area (Å²) in [7, 11) is 0. The van der Waals surface area contributed by atoms with Crippen LogP contribution in [0.15, 0.2) is 35.1 Å². The Hall–Kier alpha value is -2.30. The molecule has 0 N–H and O–H groups in total. The van der Waals surface area contributed by atoms with E-state index in [-0.39, 0.29) is 11.7 Å². The Kier molecular flexibility index (Phi) is 5.69. The minimum absolute atomic E-state index is 0.127. The van der Waals surface area contributed by atoms with Crippen LogP contribution in [0.3, 0.4) is 0 Å². The van der Waals surface area contributed by atoms with Crippen LogP contribution >= 0.6 is 0 Å². The smallest absolute Gasteiger partial charge is 0.300 e. The van der Waals surface area contributed by atoms with E-state index in [0.29, 0.717) is 31.0 Å². The fourth-order valence-electron chi connectivity index (χ4n) is 4.34. The van der Waals surface area contributed by atoms with E-state index >= 15 is 0 Å². The third-order valence-corrected chi connectivity index (χ3v) is 5.74. The first kappa shape index (κ1) is 19.0. The highest BCUT2D eigenvalue weighted by Crippen LogP contribution is 2.33. The van der Waals surface area contributed by atoms with Gasteiger partial charge in [-0.1, -0.05) is 45.2 Å². The highest BCUT2D eigenvalue weighted by Gasteiger charge is 2.26. The molecule has 1 aliphatic carbocycles. The molecule has 5 heteroatoms. The van der Waals surface area contributed by atoms with Crippen molar-refractivity contribution in [3.05, 3.63) is 51.9 Å². The van der Waals surface area contributed by atoms with Gasteiger partial charge in [0.2, 0.25) is 0 Å². The summed E-state index contributed by atoms with van der Waals surface area (Å²) in [6, 6.07) is 10.6. The minimum Gasteiger partial charge on any atom is -0.490 e. The van der Waals surface area contributed by atoms with Crippen molar-refractivity contribution in [3.63, 3.8) is 0 Å². The third kappa shape index (κ3) is 4.40. The van der Waals surface area contributed by atoms with Crippen LogP contribution in [0.25, 0.3) is 0 Å². The van der Waals surface area contributed by atoms with Crippen molar-refractivity contribution in [1.82, 2.24) is 9.55 Å². The average Bonchev–Trinajstić information content (AvgIpc) is 3.10. The number of nitrogens with zero attached hydrogens (tertiary/aromatic N) is 2. The van der Waals surface area contributed by atoms with Gasteiger partial charge >= 0.3 is 0 Å². The summed E-state index contributed by atoms with van der Waals surface area (Å²) in [5.74, 6) is 2.04. The van der Waals surface area contributed by atoms with E-state index in [1.54, 1.807) is 6.07 Å². The molecule has 0 spiro atoms. The van der Waals surface area contributed by atoms with Crippen LogP contribution in [0, 0.1) is 5.92 Å². The molecule has 0 unspecified atom stereocenters. The number of rotatable bonds is 6. The molecule has 5 nitrogen and oxygen atoms in total. The second-order valence-electron chi connectivity index (χ2n) is 8.53. The van der Waals surface area contributed by atoms with Crippen molar-refractivity contribution in [2.45, 2.75) is 70.9 Å². The van der Waals surface area contributed by atoms with E-state index in [1.165, 1.54) is 37.7 Å². The van der Waals surface area contributed by atoms with Crippen molar-refractivity contribution in [3.8, 4) is 11.8 Å². The lowest BCUT2D eigenvalue weighted by Crippen LogP contribution is -2.23. The van der Waals surface area contributed by atoms with E-state index in [4.69, 9.17) is 9.47 Å². The van der Waals surface area contributed by atoms with Gasteiger partial charge in [-0.2, -0.15) is 4.98 Å². The Balaban J connectivity index is 1.36. The molecule has 1 aromatic heterocycles. The van der Waals surface area contributed by atoms with Crippen LogP contribution in [0.4, 0.5) is 0 Å². The number of hydrogen-bond donors (Lipinski definition) is 0. The lowest BCUT2D eigenvalue weighted by Gasteiger charge is -2.22. The highest BCUT2D eigenvalue weighted by atomic mass is 16.6. The Labute approximate surface area is 166 Å². The second-order valence-corrected chi connectivity index (χ2v) is 8.53. The fourth-order valence-corrected chi connectivity index (χ4v) is 4.34. The van der Waals surface area contributed by atoms with E-state index in [0.717, 1.165) is 17.9 Å². The van der Waals surface area contributed by atoms with Gasteiger partial charge in [-0.3, -0.25) is 9.36 Å². The number of ether oxygens (including phenoxy) is 2. The predicted molar refractivity (Wildman–Crippen MR) is 109 cm³/mol. The predicted octanol–water partition coefficient (Wildman–Crippen LogP) is 4.33. The van der Waals surface area contributed by atoms with Gasteiger partial charge in [-0.25, -0.2) is 0 Å². The van der Waals surface area contributed by atoms with Crippen molar-refractivity contribution < 1.29 is 9.47 Å². The molecular formula is C23H30N2O3. The molecule has 1 aromatic carbocycles. The van der Waals surface area contributed by atoms with Crippen LogP contribution in [0.1, 0.15) is 63.1 Å². The van der Waals surface area contributed by atoms with Gasteiger partial charge in [0.05, 0.1) is 6.54 Å². The molecule has 150 valence electrons. The molecule has 1 fully saturated rings. The van der Waals surface area contributed by atoms with Crippen LogP contribution in [0.5, 0.6) is 11.8 Å². The van der Waals surface area contributed by atoms with Crippen LogP contribution in [0.2, 0.25) is 0 Å². The molecule has 0 radical (unpaired) electrons. The Morgan fingerprint density at radius 3 is 2.64 bits per heavy atom. The van der Waals surface area contributed by atoms with Crippen molar-refractivity contribution >= 4 is 0 Å². The van der Waals surface area contributed by atoms with E-state index < -0.39 is 0 Å². The van der Waals surface area contributed by atoms with Crippen LogP contribution < -0.4 is 15.0 Å². The molecule has 4 rings (SSSR count). The molecule has 0 bridgehead atoms. The van der Waals surface area contributed by atoms with Gasteiger partial charge in [-0.05, 0) is 48.8 Å². The standard InChI is InChI=1S/C23H30N2O3/c1-16(2)12-19-13-22(26)24-23-25(19)14-21(28-23)15-27-20-10-8-18(9-11-20)17-6-4-3-5-7-17/h8-11,13,16-17,21H,3-7,12,14-15H2,1-2H3/t21-/m0/s1. The molecule has 1 atom stereocenters. The van der Waals surface area contributed by atoms with Gasteiger partial charge in [0, 0.05) is 11.8 Å². The number of fused-ring (bicyclic) bond motifs is 1. The van der Waals surface area contributed by atoms with Gasteiger partial charge < -0.3 is 9.47 Å². The zero-order valence-corrected chi connectivity index (χ0v) is 16.9. The largest absolute Gasteiger partial charge is 0.490 e. The maximum absolute atomic E-state index is 11.8. The number of hydrogen-bond acceptors (Lipinski definition) is 4. The van der Waals surface area contributed by atoms with Crippen LogP contribution in [-0.2, 0) is 13.0 Å². The molecule has 1 saturated carbocycles.